The van der Waals surface area contributed by atoms with Crippen molar-refractivity contribution in [3.8, 4) is 0 Å². The fourth-order valence-corrected chi connectivity index (χ4v) is 4.36. The molecule has 0 spiro atoms. The second-order valence-electron chi connectivity index (χ2n) is 7.78. The van der Waals surface area contributed by atoms with Gasteiger partial charge in [-0.3, -0.25) is 9.10 Å². The van der Waals surface area contributed by atoms with Crippen LogP contribution < -0.4 is 9.62 Å². The summed E-state index contributed by atoms with van der Waals surface area (Å²) < 4.78 is 25.9. The molecule has 2 rings (SSSR count). The second kappa shape index (κ2) is 10.4. The van der Waals surface area contributed by atoms with Crippen LogP contribution in [0, 0.1) is 13.8 Å². The van der Waals surface area contributed by atoms with Crippen molar-refractivity contribution in [3.05, 3.63) is 65.2 Å². The Labute approximate surface area is 175 Å². The quantitative estimate of drug-likeness (QED) is 0.637. The van der Waals surface area contributed by atoms with Gasteiger partial charge in [0.25, 0.3) is 0 Å². The first kappa shape index (κ1) is 22.9. The molecule has 0 saturated carbocycles. The van der Waals surface area contributed by atoms with E-state index in [-0.39, 0.29) is 18.5 Å². The molecule has 1 N–H and O–H groups in total. The van der Waals surface area contributed by atoms with E-state index in [1.165, 1.54) is 16.1 Å². The van der Waals surface area contributed by atoms with Crippen LogP contribution in [0.4, 0.5) is 5.69 Å². The van der Waals surface area contributed by atoms with Crippen molar-refractivity contribution in [2.75, 3.05) is 17.1 Å². The Hall–Kier alpha value is -2.34. The first-order valence-electron chi connectivity index (χ1n) is 10.0. The number of rotatable bonds is 10. The van der Waals surface area contributed by atoms with E-state index < -0.39 is 10.0 Å². The number of aryl methyl sites for hydroxylation is 3. The first-order chi connectivity index (χ1) is 13.6. The van der Waals surface area contributed by atoms with Crippen LogP contribution >= 0.6 is 0 Å². The monoisotopic (exact) mass is 416 g/mol. The molecule has 29 heavy (non-hydrogen) atoms. The van der Waals surface area contributed by atoms with E-state index in [2.05, 4.69) is 17.4 Å². The van der Waals surface area contributed by atoms with Gasteiger partial charge < -0.3 is 5.32 Å². The van der Waals surface area contributed by atoms with Crippen molar-refractivity contribution in [2.24, 2.45) is 0 Å². The summed E-state index contributed by atoms with van der Waals surface area (Å²) in [4.78, 5) is 12.3. The minimum atomic E-state index is -3.41. The molecular formula is C23H32N2O3S. The molecule has 0 fully saturated rings. The summed E-state index contributed by atoms with van der Waals surface area (Å²) in [5.74, 6) is -0.0422. The molecule has 2 aromatic carbocycles. The van der Waals surface area contributed by atoms with Crippen LogP contribution in [0.5, 0.6) is 0 Å². The molecule has 0 saturated heterocycles. The lowest BCUT2D eigenvalue weighted by molar-refractivity contribution is -0.121. The van der Waals surface area contributed by atoms with E-state index in [0.717, 1.165) is 24.0 Å². The standard InChI is InChI=1S/C23H32N2O3S/c1-18-15-19(2)17-22(16-18)25(29(4,27)28)14-8-11-23(26)24-20(3)12-13-21-9-6-5-7-10-21/h5-7,9-10,15-17,20H,8,11-14H2,1-4H3,(H,24,26)/t20-/m0/s1. The van der Waals surface area contributed by atoms with E-state index in [0.29, 0.717) is 18.5 Å². The molecule has 0 unspecified atom stereocenters. The van der Waals surface area contributed by atoms with Crippen molar-refractivity contribution in [2.45, 2.75) is 52.5 Å². The highest BCUT2D eigenvalue weighted by atomic mass is 32.2. The van der Waals surface area contributed by atoms with Crippen LogP contribution in [0.1, 0.15) is 42.9 Å². The van der Waals surface area contributed by atoms with Crippen molar-refractivity contribution in [1.82, 2.24) is 5.32 Å². The number of benzene rings is 2. The number of hydrogen-bond acceptors (Lipinski definition) is 3. The second-order valence-corrected chi connectivity index (χ2v) is 9.68. The number of carbonyl (C=O) groups is 1. The Morgan fingerprint density at radius 2 is 1.69 bits per heavy atom. The minimum absolute atomic E-state index is 0.0422. The van der Waals surface area contributed by atoms with Crippen molar-refractivity contribution in [1.29, 1.82) is 0 Å². The SMILES string of the molecule is Cc1cc(C)cc(N(CCCC(=O)N[C@@H](C)CCc2ccccc2)S(C)(=O)=O)c1. The highest BCUT2D eigenvalue weighted by Gasteiger charge is 2.18. The van der Waals surface area contributed by atoms with E-state index >= 15 is 0 Å². The van der Waals surface area contributed by atoms with Gasteiger partial charge in [-0.1, -0.05) is 36.4 Å². The number of nitrogens with one attached hydrogen (secondary N) is 1. The smallest absolute Gasteiger partial charge is 0.232 e. The lowest BCUT2D eigenvalue weighted by atomic mass is 10.1. The lowest BCUT2D eigenvalue weighted by Crippen LogP contribution is -2.35. The van der Waals surface area contributed by atoms with Gasteiger partial charge in [-0.15, -0.1) is 0 Å². The van der Waals surface area contributed by atoms with Crippen molar-refractivity contribution < 1.29 is 13.2 Å². The third-order valence-electron chi connectivity index (χ3n) is 4.78. The highest BCUT2D eigenvalue weighted by Crippen LogP contribution is 2.21. The predicted molar refractivity (Wildman–Crippen MR) is 120 cm³/mol. The molecule has 5 nitrogen and oxygen atoms in total. The van der Waals surface area contributed by atoms with Crippen LogP contribution in [0.2, 0.25) is 0 Å². The molecule has 158 valence electrons. The molecular weight excluding hydrogens is 384 g/mol. The summed E-state index contributed by atoms with van der Waals surface area (Å²) in [5, 5.41) is 3.01. The Morgan fingerprint density at radius 3 is 2.28 bits per heavy atom. The predicted octanol–water partition coefficient (Wildman–Crippen LogP) is 3.99. The molecule has 0 aromatic heterocycles. The molecule has 0 radical (unpaired) electrons. The van der Waals surface area contributed by atoms with Gasteiger partial charge in [0.05, 0.1) is 11.9 Å². The molecule has 2 aromatic rings. The van der Waals surface area contributed by atoms with Crippen LogP contribution in [0.25, 0.3) is 0 Å². The Morgan fingerprint density at radius 1 is 1.07 bits per heavy atom. The van der Waals surface area contributed by atoms with Gasteiger partial charge in [-0.05, 0) is 68.9 Å². The van der Waals surface area contributed by atoms with Crippen molar-refractivity contribution >= 4 is 21.6 Å². The first-order valence-corrected chi connectivity index (χ1v) is 11.9. The van der Waals surface area contributed by atoms with Crippen LogP contribution in [-0.4, -0.2) is 33.2 Å². The fraction of sp³-hybridized carbons (Fsp3) is 0.435. The van der Waals surface area contributed by atoms with Crippen LogP contribution in [0.15, 0.2) is 48.5 Å². The summed E-state index contributed by atoms with van der Waals surface area (Å²) >= 11 is 0. The third-order valence-corrected chi connectivity index (χ3v) is 5.97. The maximum atomic E-state index is 12.3. The summed E-state index contributed by atoms with van der Waals surface area (Å²) in [6, 6.07) is 16.0. The number of anilines is 1. The van der Waals surface area contributed by atoms with Gasteiger partial charge >= 0.3 is 0 Å². The molecule has 6 heteroatoms. The number of amides is 1. The van der Waals surface area contributed by atoms with E-state index in [1.54, 1.807) is 0 Å². The summed E-state index contributed by atoms with van der Waals surface area (Å²) in [6.07, 6.45) is 3.75. The normalized spacial score (nSPS) is 12.4. The maximum Gasteiger partial charge on any atom is 0.232 e. The van der Waals surface area contributed by atoms with Gasteiger partial charge in [0.15, 0.2) is 0 Å². The highest BCUT2D eigenvalue weighted by molar-refractivity contribution is 7.92. The molecule has 0 heterocycles. The largest absolute Gasteiger partial charge is 0.354 e. The third kappa shape index (κ3) is 7.89. The van der Waals surface area contributed by atoms with Gasteiger partial charge in [0, 0.05) is 19.0 Å². The number of nitrogens with zero attached hydrogens (tertiary/aromatic N) is 1. The van der Waals surface area contributed by atoms with Gasteiger partial charge in [0.1, 0.15) is 0 Å². The van der Waals surface area contributed by atoms with Gasteiger partial charge in [-0.25, -0.2) is 8.42 Å². The minimum Gasteiger partial charge on any atom is -0.354 e. The number of carbonyl (C=O) groups excluding carboxylic acids is 1. The zero-order chi connectivity index (χ0) is 21.4. The average molecular weight is 417 g/mol. The average Bonchev–Trinajstić information content (AvgIpc) is 2.62. The van der Waals surface area contributed by atoms with E-state index in [1.807, 2.05) is 57.2 Å². The molecule has 0 bridgehead atoms. The maximum absolute atomic E-state index is 12.3. The Kier molecular flexibility index (Phi) is 8.26. The van der Waals surface area contributed by atoms with E-state index in [4.69, 9.17) is 0 Å². The molecule has 0 aliphatic carbocycles. The van der Waals surface area contributed by atoms with Crippen LogP contribution in [-0.2, 0) is 21.2 Å². The fourth-order valence-electron chi connectivity index (χ4n) is 3.41. The Balaban J connectivity index is 1.84. The van der Waals surface area contributed by atoms with Crippen LogP contribution in [0.3, 0.4) is 0 Å². The van der Waals surface area contributed by atoms with Crippen molar-refractivity contribution in [3.63, 3.8) is 0 Å². The molecule has 1 amide bonds. The van der Waals surface area contributed by atoms with Gasteiger partial charge in [0.2, 0.25) is 15.9 Å². The van der Waals surface area contributed by atoms with E-state index in [9.17, 15) is 13.2 Å². The molecule has 0 aliphatic heterocycles. The summed E-state index contributed by atoms with van der Waals surface area (Å²) in [6.45, 7) is 6.18. The number of hydrogen-bond donors (Lipinski definition) is 1. The van der Waals surface area contributed by atoms with Gasteiger partial charge in [-0.2, -0.15) is 0 Å². The summed E-state index contributed by atoms with van der Waals surface area (Å²) in [5.41, 5.74) is 3.93. The molecule has 1 atom stereocenters. The lowest BCUT2D eigenvalue weighted by Gasteiger charge is -2.23. The summed E-state index contributed by atoms with van der Waals surface area (Å²) in [7, 11) is -3.41. The zero-order valence-electron chi connectivity index (χ0n) is 17.8. The number of sulfonamides is 1. The zero-order valence-corrected chi connectivity index (χ0v) is 18.6. The Bertz CT molecular complexity index is 891. The topological polar surface area (TPSA) is 66.5 Å². The molecule has 0 aliphatic rings.